The standard InChI is InChI=1S/C13H20ClN3/c1-16(8-9-17-6-2-3-7-17)13-11-15-5-4-12(13)10-14/h4-5,11H,2-3,6-10H2,1H3. The summed E-state index contributed by atoms with van der Waals surface area (Å²) in [5, 5.41) is 0. The summed E-state index contributed by atoms with van der Waals surface area (Å²) < 4.78 is 0. The Bertz CT molecular complexity index is 350. The molecule has 1 aliphatic rings. The number of hydrogen-bond donors (Lipinski definition) is 0. The van der Waals surface area contributed by atoms with Crippen molar-refractivity contribution in [2.45, 2.75) is 18.7 Å². The number of likely N-dealkylation sites (tertiary alicyclic amines) is 1. The highest BCUT2D eigenvalue weighted by Gasteiger charge is 2.13. The van der Waals surface area contributed by atoms with E-state index in [1.807, 2.05) is 12.3 Å². The number of nitrogens with zero attached hydrogens (tertiary/aromatic N) is 3. The maximum Gasteiger partial charge on any atom is 0.0595 e. The smallest absolute Gasteiger partial charge is 0.0595 e. The van der Waals surface area contributed by atoms with Crippen molar-refractivity contribution in [3.05, 3.63) is 24.0 Å². The molecular weight excluding hydrogens is 234 g/mol. The summed E-state index contributed by atoms with van der Waals surface area (Å²) in [5.41, 5.74) is 2.31. The van der Waals surface area contributed by atoms with E-state index in [1.165, 1.54) is 25.9 Å². The summed E-state index contributed by atoms with van der Waals surface area (Å²) >= 11 is 5.94. The van der Waals surface area contributed by atoms with Gasteiger partial charge in [0.05, 0.1) is 11.9 Å². The average Bonchev–Trinajstić information content (AvgIpc) is 2.89. The fraction of sp³-hybridized carbons (Fsp3) is 0.615. The molecule has 0 bridgehead atoms. The van der Waals surface area contributed by atoms with Crippen molar-refractivity contribution >= 4 is 17.3 Å². The summed E-state index contributed by atoms with van der Waals surface area (Å²) in [4.78, 5) is 8.95. The fourth-order valence-corrected chi connectivity index (χ4v) is 2.52. The highest BCUT2D eigenvalue weighted by Crippen LogP contribution is 2.19. The quantitative estimate of drug-likeness (QED) is 0.751. The van der Waals surface area contributed by atoms with Crippen LogP contribution >= 0.6 is 11.6 Å². The van der Waals surface area contributed by atoms with E-state index in [0.29, 0.717) is 5.88 Å². The summed E-state index contributed by atoms with van der Waals surface area (Å²) in [6, 6.07) is 1.99. The van der Waals surface area contributed by atoms with Gasteiger partial charge < -0.3 is 9.80 Å². The number of halogens is 1. The third kappa shape index (κ3) is 3.33. The van der Waals surface area contributed by atoms with Gasteiger partial charge in [0.2, 0.25) is 0 Å². The van der Waals surface area contributed by atoms with Crippen molar-refractivity contribution in [1.82, 2.24) is 9.88 Å². The monoisotopic (exact) mass is 253 g/mol. The molecule has 0 spiro atoms. The van der Waals surface area contributed by atoms with E-state index >= 15 is 0 Å². The molecule has 1 saturated heterocycles. The lowest BCUT2D eigenvalue weighted by Gasteiger charge is -2.24. The van der Waals surface area contributed by atoms with Crippen LogP contribution < -0.4 is 4.90 Å². The zero-order valence-electron chi connectivity index (χ0n) is 10.4. The molecule has 0 radical (unpaired) electrons. The summed E-state index contributed by atoms with van der Waals surface area (Å²) in [7, 11) is 2.11. The first-order chi connectivity index (χ1) is 8.31. The molecule has 0 aliphatic carbocycles. The number of likely N-dealkylation sites (N-methyl/N-ethyl adjacent to an activating group) is 1. The molecule has 1 fully saturated rings. The van der Waals surface area contributed by atoms with Gasteiger partial charge in [-0.05, 0) is 37.6 Å². The van der Waals surface area contributed by atoms with Crippen molar-refractivity contribution in [2.75, 3.05) is 38.1 Å². The second kappa shape index (κ2) is 6.22. The molecule has 3 nitrogen and oxygen atoms in total. The van der Waals surface area contributed by atoms with Crippen LogP contribution in [0.25, 0.3) is 0 Å². The zero-order valence-corrected chi connectivity index (χ0v) is 11.2. The molecular formula is C13H20ClN3. The first-order valence-electron chi connectivity index (χ1n) is 6.23. The lowest BCUT2D eigenvalue weighted by atomic mass is 10.2. The van der Waals surface area contributed by atoms with Gasteiger partial charge in [-0.3, -0.25) is 4.98 Å². The second-order valence-electron chi connectivity index (χ2n) is 4.61. The highest BCUT2D eigenvalue weighted by molar-refractivity contribution is 6.17. The molecule has 1 aliphatic heterocycles. The minimum absolute atomic E-state index is 0.548. The number of alkyl halides is 1. The summed E-state index contributed by atoms with van der Waals surface area (Å²) in [6.45, 7) is 4.68. The Morgan fingerprint density at radius 1 is 1.41 bits per heavy atom. The molecule has 2 heterocycles. The lowest BCUT2D eigenvalue weighted by molar-refractivity contribution is 0.346. The first-order valence-corrected chi connectivity index (χ1v) is 6.77. The van der Waals surface area contributed by atoms with Crippen molar-refractivity contribution in [1.29, 1.82) is 0 Å². The minimum Gasteiger partial charge on any atom is -0.372 e. The Hall–Kier alpha value is -0.800. The maximum atomic E-state index is 5.94. The maximum absolute atomic E-state index is 5.94. The lowest BCUT2D eigenvalue weighted by Crippen LogP contribution is -2.31. The molecule has 17 heavy (non-hydrogen) atoms. The SMILES string of the molecule is CN(CCN1CCCC1)c1cnccc1CCl. The molecule has 4 heteroatoms. The van der Waals surface area contributed by atoms with Crippen molar-refractivity contribution in [3.8, 4) is 0 Å². The van der Waals surface area contributed by atoms with Crippen molar-refractivity contribution in [2.24, 2.45) is 0 Å². The second-order valence-corrected chi connectivity index (χ2v) is 4.88. The predicted molar refractivity (Wildman–Crippen MR) is 72.7 cm³/mol. The van der Waals surface area contributed by atoms with E-state index in [4.69, 9.17) is 11.6 Å². The van der Waals surface area contributed by atoms with Gasteiger partial charge in [-0.2, -0.15) is 0 Å². The molecule has 0 N–H and O–H groups in total. The molecule has 0 saturated carbocycles. The predicted octanol–water partition coefficient (Wildman–Crippen LogP) is 2.35. The number of anilines is 1. The molecule has 1 aromatic rings. The number of hydrogen-bond acceptors (Lipinski definition) is 3. The van der Waals surface area contributed by atoms with Gasteiger partial charge in [0, 0.05) is 32.2 Å². The van der Waals surface area contributed by atoms with Crippen LogP contribution in [0.2, 0.25) is 0 Å². The number of rotatable bonds is 5. The van der Waals surface area contributed by atoms with Gasteiger partial charge in [0.25, 0.3) is 0 Å². The van der Waals surface area contributed by atoms with E-state index in [9.17, 15) is 0 Å². The van der Waals surface area contributed by atoms with Gasteiger partial charge in [0.1, 0.15) is 0 Å². The van der Waals surface area contributed by atoms with Gasteiger partial charge in [-0.1, -0.05) is 0 Å². The van der Waals surface area contributed by atoms with Gasteiger partial charge in [0.15, 0.2) is 0 Å². The Labute approximate surface area is 108 Å². The summed E-state index contributed by atoms with van der Waals surface area (Å²) in [6.07, 6.45) is 6.41. The van der Waals surface area contributed by atoms with E-state index in [-0.39, 0.29) is 0 Å². The fourth-order valence-electron chi connectivity index (χ4n) is 2.29. The molecule has 1 aromatic heterocycles. The van der Waals surface area contributed by atoms with E-state index in [0.717, 1.165) is 24.3 Å². The summed E-state index contributed by atoms with van der Waals surface area (Å²) in [5.74, 6) is 0.548. The average molecular weight is 254 g/mol. The minimum atomic E-state index is 0.548. The topological polar surface area (TPSA) is 19.4 Å². The van der Waals surface area contributed by atoms with Crippen LogP contribution in [0.4, 0.5) is 5.69 Å². The van der Waals surface area contributed by atoms with Crippen molar-refractivity contribution < 1.29 is 0 Å². The molecule has 94 valence electrons. The van der Waals surface area contributed by atoms with Gasteiger partial charge in [-0.15, -0.1) is 11.6 Å². The number of pyridine rings is 1. The van der Waals surface area contributed by atoms with Crippen LogP contribution in [0.5, 0.6) is 0 Å². The Balaban J connectivity index is 1.91. The molecule has 2 rings (SSSR count). The molecule has 0 aromatic carbocycles. The van der Waals surface area contributed by atoms with Crippen LogP contribution in [0, 0.1) is 0 Å². The van der Waals surface area contributed by atoms with Crippen LogP contribution in [-0.2, 0) is 5.88 Å². The zero-order chi connectivity index (χ0) is 12.1. The Kier molecular flexibility index (Phi) is 4.63. The van der Waals surface area contributed by atoms with Crippen LogP contribution in [0.3, 0.4) is 0 Å². The van der Waals surface area contributed by atoms with E-state index < -0.39 is 0 Å². The van der Waals surface area contributed by atoms with Crippen LogP contribution in [-0.4, -0.2) is 43.1 Å². The third-order valence-electron chi connectivity index (χ3n) is 3.39. The van der Waals surface area contributed by atoms with E-state index in [1.54, 1.807) is 6.20 Å². The number of aromatic nitrogens is 1. The normalized spacial score (nSPS) is 16.4. The largest absolute Gasteiger partial charge is 0.372 e. The Morgan fingerprint density at radius 3 is 2.88 bits per heavy atom. The molecule has 0 amide bonds. The van der Waals surface area contributed by atoms with E-state index in [2.05, 4.69) is 21.8 Å². The van der Waals surface area contributed by atoms with Crippen molar-refractivity contribution in [3.63, 3.8) is 0 Å². The first kappa shape index (κ1) is 12.7. The van der Waals surface area contributed by atoms with Crippen LogP contribution in [0.15, 0.2) is 18.5 Å². The van der Waals surface area contributed by atoms with Gasteiger partial charge >= 0.3 is 0 Å². The third-order valence-corrected chi connectivity index (χ3v) is 3.68. The molecule has 0 unspecified atom stereocenters. The van der Waals surface area contributed by atoms with Crippen LogP contribution in [0.1, 0.15) is 18.4 Å². The molecule has 0 atom stereocenters. The Morgan fingerprint density at radius 2 is 2.18 bits per heavy atom. The van der Waals surface area contributed by atoms with Gasteiger partial charge in [-0.25, -0.2) is 0 Å². The highest BCUT2D eigenvalue weighted by atomic mass is 35.5.